The molecule has 1 N–H and O–H groups in total. The van der Waals surface area contributed by atoms with Crippen molar-refractivity contribution < 1.29 is 0 Å². The molecule has 2 heteroatoms. The van der Waals surface area contributed by atoms with Crippen LogP contribution in [0, 0.1) is 5.92 Å². The molecule has 1 unspecified atom stereocenters. The molecule has 0 heterocycles. The van der Waals surface area contributed by atoms with Crippen molar-refractivity contribution in [1.82, 2.24) is 5.32 Å². The standard InChI is InChI=1S/C5H13NS/c1-5(4-7)3-6-2/h5-7H,3-4H2,1-2H3. The van der Waals surface area contributed by atoms with Gasteiger partial charge in [0.1, 0.15) is 0 Å². The SMILES string of the molecule is CNCC(C)CS. The maximum Gasteiger partial charge on any atom is -0.00184 e. The van der Waals surface area contributed by atoms with E-state index in [4.69, 9.17) is 0 Å². The van der Waals surface area contributed by atoms with Crippen molar-refractivity contribution in [2.45, 2.75) is 6.92 Å². The zero-order valence-electron chi connectivity index (χ0n) is 4.94. The molecular weight excluding hydrogens is 106 g/mol. The number of hydrogen-bond donors (Lipinski definition) is 2. The van der Waals surface area contributed by atoms with Crippen molar-refractivity contribution in [3.8, 4) is 0 Å². The van der Waals surface area contributed by atoms with E-state index in [1.54, 1.807) is 0 Å². The largest absolute Gasteiger partial charge is 0.319 e. The highest BCUT2D eigenvalue weighted by Crippen LogP contribution is 1.92. The Bertz CT molecular complexity index is 39.1. The molecular formula is C5H13NS. The van der Waals surface area contributed by atoms with Gasteiger partial charge in [-0.3, -0.25) is 0 Å². The summed E-state index contributed by atoms with van der Waals surface area (Å²) in [6.45, 7) is 3.24. The third-order valence-corrected chi connectivity index (χ3v) is 1.49. The summed E-state index contributed by atoms with van der Waals surface area (Å²) in [5.41, 5.74) is 0. The van der Waals surface area contributed by atoms with Crippen LogP contribution in [0.3, 0.4) is 0 Å². The lowest BCUT2D eigenvalue weighted by Gasteiger charge is -2.03. The van der Waals surface area contributed by atoms with Crippen LogP contribution >= 0.6 is 12.6 Å². The number of hydrogen-bond acceptors (Lipinski definition) is 2. The van der Waals surface area contributed by atoms with Gasteiger partial charge in [0.05, 0.1) is 0 Å². The fourth-order valence-electron chi connectivity index (χ4n) is 0.413. The van der Waals surface area contributed by atoms with Gasteiger partial charge >= 0.3 is 0 Å². The fourth-order valence-corrected chi connectivity index (χ4v) is 0.542. The first-order valence-corrected chi connectivity index (χ1v) is 3.20. The van der Waals surface area contributed by atoms with Crippen molar-refractivity contribution >= 4 is 12.6 Å². The quantitative estimate of drug-likeness (QED) is 0.523. The van der Waals surface area contributed by atoms with Gasteiger partial charge in [0.15, 0.2) is 0 Å². The number of thiol groups is 1. The summed E-state index contributed by atoms with van der Waals surface area (Å²) in [4.78, 5) is 0. The van der Waals surface area contributed by atoms with E-state index in [0.29, 0.717) is 5.92 Å². The van der Waals surface area contributed by atoms with Crippen molar-refractivity contribution in [3.63, 3.8) is 0 Å². The normalized spacial score (nSPS) is 14.1. The van der Waals surface area contributed by atoms with Gasteiger partial charge in [-0.15, -0.1) is 0 Å². The molecule has 0 rings (SSSR count). The highest BCUT2D eigenvalue weighted by atomic mass is 32.1. The predicted octanol–water partition coefficient (Wildman–Crippen LogP) is 0.772. The molecule has 0 aliphatic rings. The molecule has 0 aliphatic heterocycles. The van der Waals surface area contributed by atoms with Gasteiger partial charge in [0, 0.05) is 0 Å². The maximum absolute atomic E-state index is 4.11. The third kappa shape index (κ3) is 4.16. The first-order chi connectivity index (χ1) is 3.31. The van der Waals surface area contributed by atoms with Crippen LogP contribution in [0.2, 0.25) is 0 Å². The lowest BCUT2D eigenvalue weighted by Crippen LogP contribution is -2.16. The Labute approximate surface area is 50.9 Å². The summed E-state index contributed by atoms with van der Waals surface area (Å²) in [6, 6.07) is 0. The molecule has 0 bridgehead atoms. The van der Waals surface area contributed by atoms with Crippen molar-refractivity contribution in [2.75, 3.05) is 19.3 Å². The van der Waals surface area contributed by atoms with Gasteiger partial charge in [0.25, 0.3) is 0 Å². The molecule has 0 fully saturated rings. The molecule has 1 atom stereocenters. The predicted molar refractivity (Wildman–Crippen MR) is 36.9 cm³/mol. The van der Waals surface area contributed by atoms with Gasteiger partial charge in [-0.1, -0.05) is 6.92 Å². The van der Waals surface area contributed by atoms with Crippen LogP contribution < -0.4 is 5.32 Å². The van der Waals surface area contributed by atoms with Crippen molar-refractivity contribution in [2.24, 2.45) is 5.92 Å². The first kappa shape index (κ1) is 7.31. The molecule has 0 saturated heterocycles. The monoisotopic (exact) mass is 119 g/mol. The Balaban J connectivity index is 2.83. The van der Waals surface area contributed by atoms with Crippen LogP contribution in [0.5, 0.6) is 0 Å². The second-order valence-electron chi connectivity index (χ2n) is 1.85. The Morgan fingerprint density at radius 1 is 1.71 bits per heavy atom. The second-order valence-corrected chi connectivity index (χ2v) is 2.21. The van der Waals surface area contributed by atoms with Crippen LogP contribution in [0.4, 0.5) is 0 Å². The molecule has 0 aromatic rings. The maximum atomic E-state index is 4.11. The minimum atomic E-state index is 0.702. The molecule has 0 spiro atoms. The number of nitrogens with one attached hydrogen (secondary N) is 1. The number of rotatable bonds is 3. The molecule has 0 saturated carbocycles. The van der Waals surface area contributed by atoms with Crippen LogP contribution in [0.1, 0.15) is 6.92 Å². The lowest BCUT2D eigenvalue weighted by atomic mass is 10.2. The van der Waals surface area contributed by atoms with E-state index in [1.165, 1.54) is 0 Å². The molecule has 0 aromatic heterocycles. The summed E-state index contributed by atoms with van der Waals surface area (Å²) in [5.74, 6) is 1.68. The van der Waals surface area contributed by atoms with Gasteiger partial charge in [0.2, 0.25) is 0 Å². The highest BCUT2D eigenvalue weighted by molar-refractivity contribution is 7.80. The summed E-state index contributed by atoms with van der Waals surface area (Å²) in [6.07, 6.45) is 0. The Morgan fingerprint density at radius 3 is 2.43 bits per heavy atom. The van der Waals surface area contributed by atoms with E-state index in [9.17, 15) is 0 Å². The molecule has 0 aliphatic carbocycles. The first-order valence-electron chi connectivity index (χ1n) is 2.56. The summed E-state index contributed by atoms with van der Waals surface area (Å²) < 4.78 is 0. The molecule has 7 heavy (non-hydrogen) atoms. The van der Waals surface area contributed by atoms with Crippen LogP contribution in [-0.4, -0.2) is 19.3 Å². The van der Waals surface area contributed by atoms with Crippen LogP contribution in [0.25, 0.3) is 0 Å². The smallest absolute Gasteiger partial charge is 0.00184 e. The lowest BCUT2D eigenvalue weighted by molar-refractivity contribution is 0.605. The van der Waals surface area contributed by atoms with Crippen molar-refractivity contribution in [3.05, 3.63) is 0 Å². The third-order valence-electron chi connectivity index (χ3n) is 0.864. The van der Waals surface area contributed by atoms with E-state index in [1.807, 2.05) is 7.05 Å². The van der Waals surface area contributed by atoms with Gasteiger partial charge < -0.3 is 5.32 Å². The molecule has 0 aromatic carbocycles. The van der Waals surface area contributed by atoms with E-state index in [0.717, 1.165) is 12.3 Å². The molecule has 44 valence electrons. The minimum absolute atomic E-state index is 0.702. The summed E-state index contributed by atoms with van der Waals surface area (Å²) in [5, 5.41) is 3.07. The van der Waals surface area contributed by atoms with Crippen LogP contribution in [-0.2, 0) is 0 Å². The summed E-state index contributed by atoms with van der Waals surface area (Å²) >= 11 is 4.11. The minimum Gasteiger partial charge on any atom is -0.319 e. The fraction of sp³-hybridized carbons (Fsp3) is 1.00. The average Bonchev–Trinajstić information content (AvgIpc) is 1.68. The Hall–Kier alpha value is 0.310. The zero-order chi connectivity index (χ0) is 5.70. The highest BCUT2D eigenvalue weighted by Gasteiger charge is 1.92. The van der Waals surface area contributed by atoms with E-state index < -0.39 is 0 Å². The van der Waals surface area contributed by atoms with Crippen LogP contribution in [0.15, 0.2) is 0 Å². The van der Waals surface area contributed by atoms with Gasteiger partial charge in [-0.05, 0) is 25.3 Å². The average molecular weight is 119 g/mol. The molecule has 1 nitrogen and oxygen atoms in total. The Morgan fingerprint density at radius 2 is 2.29 bits per heavy atom. The van der Waals surface area contributed by atoms with Crippen molar-refractivity contribution in [1.29, 1.82) is 0 Å². The van der Waals surface area contributed by atoms with E-state index >= 15 is 0 Å². The topological polar surface area (TPSA) is 12.0 Å². The zero-order valence-corrected chi connectivity index (χ0v) is 5.83. The summed E-state index contributed by atoms with van der Waals surface area (Å²) in [7, 11) is 1.96. The van der Waals surface area contributed by atoms with Gasteiger partial charge in [-0.25, -0.2) is 0 Å². The second kappa shape index (κ2) is 4.47. The van der Waals surface area contributed by atoms with E-state index in [2.05, 4.69) is 24.9 Å². The molecule has 0 amide bonds. The van der Waals surface area contributed by atoms with E-state index in [-0.39, 0.29) is 0 Å². The van der Waals surface area contributed by atoms with Gasteiger partial charge in [-0.2, -0.15) is 12.6 Å². The molecule has 0 radical (unpaired) electrons. The Kier molecular flexibility index (Phi) is 4.67.